The number of hydrogen-bond acceptors (Lipinski definition) is 9. The van der Waals surface area contributed by atoms with Gasteiger partial charge in [0.25, 0.3) is 5.91 Å². The fourth-order valence-corrected chi connectivity index (χ4v) is 4.10. The van der Waals surface area contributed by atoms with Gasteiger partial charge in [0.2, 0.25) is 17.8 Å². The maximum atomic E-state index is 12.4. The molecular formula is C19H16N4O5S2. The Kier molecular flexibility index (Phi) is 6.00. The quantitative estimate of drug-likeness (QED) is 0.422. The minimum Gasteiger partial charge on any atom is -0.497 e. The van der Waals surface area contributed by atoms with Crippen LogP contribution in [-0.2, 0) is 4.79 Å². The normalized spacial score (nSPS) is 11.8. The van der Waals surface area contributed by atoms with Gasteiger partial charge in [-0.2, -0.15) is 0 Å². The molecule has 0 atom stereocenters. The number of benzene rings is 2. The molecule has 1 aliphatic heterocycles. The lowest BCUT2D eigenvalue weighted by atomic mass is 10.2. The Bertz CT molecular complexity index is 1090. The maximum Gasteiger partial charge on any atom is 0.257 e. The summed E-state index contributed by atoms with van der Waals surface area (Å²) in [7, 11) is 1.56. The molecule has 0 radical (unpaired) electrons. The van der Waals surface area contributed by atoms with Gasteiger partial charge in [-0.05, 0) is 30.3 Å². The Morgan fingerprint density at radius 2 is 2.00 bits per heavy atom. The van der Waals surface area contributed by atoms with Crippen molar-refractivity contribution < 1.29 is 23.8 Å². The molecule has 2 amide bonds. The van der Waals surface area contributed by atoms with Gasteiger partial charge >= 0.3 is 0 Å². The second-order valence-corrected chi connectivity index (χ2v) is 8.16. The summed E-state index contributed by atoms with van der Waals surface area (Å²) >= 11 is 2.42. The topological polar surface area (TPSA) is 112 Å². The molecular weight excluding hydrogens is 428 g/mol. The highest BCUT2D eigenvalue weighted by atomic mass is 32.2. The Morgan fingerprint density at radius 1 is 1.13 bits per heavy atom. The third-order valence-corrected chi connectivity index (χ3v) is 5.91. The van der Waals surface area contributed by atoms with Crippen LogP contribution in [0.2, 0.25) is 0 Å². The summed E-state index contributed by atoms with van der Waals surface area (Å²) in [5.74, 6) is 1.42. The number of anilines is 2. The molecule has 0 saturated carbocycles. The van der Waals surface area contributed by atoms with Crippen LogP contribution in [0.3, 0.4) is 0 Å². The fraction of sp³-hybridized carbons (Fsp3) is 0.158. The largest absolute Gasteiger partial charge is 0.497 e. The standard InChI is InChI=1S/C19H16N4O5S2/c1-26-13-4-2-3-12(8-13)20-16(24)9-29-19-23-22-18(30-19)21-17(25)11-5-6-14-15(7-11)28-10-27-14/h2-8H,9-10H2,1H3,(H,20,24)(H,21,22,25). The van der Waals surface area contributed by atoms with Crippen LogP contribution in [0, 0.1) is 0 Å². The maximum absolute atomic E-state index is 12.4. The fourth-order valence-electron chi connectivity index (χ4n) is 2.55. The molecule has 11 heteroatoms. The predicted molar refractivity (Wildman–Crippen MR) is 113 cm³/mol. The molecule has 0 fully saturated rings. The number of aromatic nitrogens is 2. The molecule has 4 rings (SSSR count). The second kappa shape index (κ2) is 9.01. The third-order valence-electron chi connectivity index (χ3n) is 3.94. The lowest BCUT2D eigenvalue weighted by Crippen LogP contribution is -2.13. The number of hydrogen-bond donors (Lipinski definition) is 2. The second-order valence-electron chi connectivity index (χ2n) is 5.96. The highest BCUT2D eigenvalue weighted by Gasteiger charge is 2.17. The number of methoxy groups -OCH3 is 1. The van der Waals surface area contributed by atoms with E-state index >= 15 is 0 Å². The van der Waals surface area contributed by atoms with Crippen LogP contribution >= 0.6 is 23.1 Å². The lowest BCUT2D eigenvalue weighted by molar-refractivity contribution is -0.113. The number of fused-ring (bicyclic) bond motifs is 1. The molecule has 2 N–H and O–H groups in total. The molecule has 0 aliphatic carbocycles. The van der Waals surface area contributed by atoms with Crippen LogP contribution in [-0.4, -0.2) is 41.7 Å². The van der Waals surface area contributed by atoms with E-state index in [1.54, 1.807) is 49.6 Å². The van der Waals surface area contributed by atoms with Crippen LogP contribution in [0.15, 0.2) is 46.8 Å². The van der Waals surface area contributed by atoms with Crippen molar-refractivity contribution in [1.29, 1.82) is 0 Å². The van der Waals surface area contributed by atoms with Crippen molar-refractivity contribution in [2.24, 2.45) is 0 Å². The number of ether oxygens (including phenoxy) is 3. The van der Waals surface area contributed by atoms with Gasteiger partial charge in [0.05, 0.1) is 12.9 Å². The molecule has 1 aromatic heterocycles. The van der Waals surface area contributed by atoms with Crippen LogP contribution in [0.4, 0.5) is 10.8 Å². The minimum absolute atomic E-state index is 0.142. The molecule has 0 bridgehead atoms. The SMILES string of the molecule is COc1cccc(NC(=O)CSc2nnc(NC(=O)c3ccc4c(c3)OCO4)s2)c1. The summed E-state index contributed by atoms with van der Waals surface area (Å²) in [6.07, 6.45) is 0. The number of amides is 2. The van der Waals surface area contributed by atoms with Crippen molar-refractivity contribution in [1.82, 2.24) is 10.2 Å². The summed E-state index contributed by atoms with van der Waals surface area (Å²) in [5.41, 5.74) is 1.07. The minimum atomic E-state index is -0.336. The van der Waals surface area contributed by atoms with Gasteiger partial charge in [-0.25, -0.2) is 0 Å². The van der Waals surface area contributed by atoms with Crippen molar-refractivity contribution in [3.63, 3.8) is 0 Å². The molecule has 30 heavy (non-hydrogen) atoms. The average Bonchev–Trinajstić information content (AvgIpc) is 3.41. The number of nitrogens with one attached hydrogen (secondary N) is 2. The van der Waals surface area contributed by atoms with E-state index in [4.69, 9.17) is 14.2 Å². The number of carbonyl (C=O) groups excluding carboxylic acids is 2. The van der Waals surface area contributed by atoms with Gasteiger partial charge in [0.15, 0.2) is 15.8 Å². The van der Waals surface area contributed by atoms with Gasteiger partial charge in [0.1, 0.15) is 5.75 Å². The molecule has 0 unspecified atom stereocenters. The summed E-state index contributed by atoms with van der Waals surface area (Å²) < 4.78 is 16.2. The summed E-state index contributed by atoms with van der Waals surface area (Å²) in [5, 5.41) is 13.8. The molecule has 0 saturated heterocycles. The average molecular weight is 444 g/mol. The van der Waals surface area contributed by atoms with Crippen molar-refractivity contribution in [3.05, 3.63) is 48.0 Å². The van der Waals surface area contributed by atoms with E-state index in [0.717, 1.165) is 0 Å². The van der Waals surface area contributed by atoms with Crippen molar-refractivity contribution in [2.45, 2.75) is 4.34 Å². The Morgan fingerprint density at radius 3 is 2.87 bits per heavy atom. The van der Waals surface area contributed by atoms with E-state index in [1.165, 1.54) is 23.1 Å². The van der Waals surface area contributed by atoms with Crippen LogP contribution in [0.1, 0.15) is 10.4 Å². The predicted octanol–water partition coefficient (Wildman–Crippen LogP) is 3.26. The van der Waals surface area contributed by atoms with E-state index in [1.807, 2.05) is 0 Å². The first-order valence-corrected chi connectivity index (χ1v) is 10.5. The molecule has 2 heterocycles. The first-order chi connectivity index (χ1) is 14.6. The van der Waals surface area contributed by atoms with E-state index in [9.17, 15) is 9.59 Å². The van der Waals surface area contributed by atoms with E-state index in [-0.39, 0.29) is 24.4 Å². The smallest absolute Gasteiger partial charge is 0.257 e. The highest BCUT2D eigenvalue weighted by Crippen LogP contribution is 2.33. The molecule has 0 spiro atoms. The Labute approximate surface area is 179 Å². The van der Waals surface area contributed by atoms with Crippen LogP contribution in [0.25, 0.3) is 0 Å². The summed E-state index contributed by atoms with van der Waals surface area (Å²) in [4.78, 5) is 24.5. The van der Waals surface area contributed by atoms with Gasteiger partial charge < -0.3 is 19.5 Å². The van der Waals surface area contributed by atoms with Crippen LogP contribution in [0.5, 0.6) is 17.2 Å². The number of thioether (sulfide) groups is 1. The van der Waals surface area contributed by atoms with Gasteiger partial charge in [0, 0.05) is 17.3 Å². The molecule has 1 aliphatic rings. The molecule has 3 aromatic rings. The van der Waals surface area contributed by atoms with E-state index in [2.05, 4.69) is 20.8 Å². The number of nitrogens with zero attached hydrogens (tertiary/aromatic N) is 2. The molecule has 9 nitrogen and oxygen atoms in total. The first kappa shape index (κ1) is 20.0. The van der Waals surface area contributed by atoms with E-state index in [0.29, 0.717) is 38.0 Å². The molecule has 154 valence electrons. The zero-order valence-corrected chi connectivity index (χ0v) is 17.3. The van der Waals surface area contributed by atoms with Crippen LogP contribution < -0.4 is 24.8 Å². The highest BCUT2D eigenvalue weighted by molar-refractivity contribution is 8.01. The summed E-state index contributed by atoms with van der Waals surface area (Å²) in [6, 6.07) is 12.0. The van der Waals surface area contributed by atoms with Crippen molar-refractivity contribution in [3.8, 4) is 17.2 Å². The lowest BCUT2D eigenvalue weighted by Gasteiger charge is -2.06. The Hall–Kier alpha value is -3.31. The van der Waals surface area contributed by atoms with Crippen molar-refractivity contribution >= 4 is 45.7 Å². The van der Waals surface area contributed by atoms with Gasteiger partial charge in [-0.1, -0.05) is 29.2 Å². The zero-order valence-electron chi connectivity index (χ0n) is 15.7. The number of rotatable bonds is 7. The van der Waals surface area contributed by atoms with Gasteiger partial charge in [-0.3, -0.25) is 14.9 Å². The third kappa shape index (κ3) is 4.81. The zero-order chi connectivity index (χ0) is 20.9. The number of carbonyl (C=O) groups is 2. The Balaban J connectivity index is 1.29. The molecule has 2 aromatic carbocycles. The summed E-state index contributed by atoms with van der Waals surface area (Å²) in [6.45, 7) is 0.142. The van der Waals surface area contributed by atoms with E-state index < -0.39 is 0 Å². The van der Waals surface area contributed by atoms with Gasteiger partial charge in [-0.15, -0.1) is 10.2 Å². The first-order valence-electron chi connectivity index (χ1n) is 8.72. The monoisotopic (exact) mass is 444 g/mol. The van der Waals surface area contributed by atoms with Crippen molar-refractivity contribution in [2.75, 3.05) is 30.3 Å².